The molecule has 0 bridgehead atoms. The van der Waals surface area contributed by atoms with Gasteiger partial charge in [0.05, 0.1) is 16.9 Å². The summed E-state index contributed by atoms with van der Waals surface area (Å²) in [5.74, 6) is -0.261. The molecular formula is C24H17N5OS. The van der Waals surface area contributed by atoms with E-state index >= 15 is 0 Å². The predicted octanol–water partition coefficient (Wildman–Crippen LogP) is 5.31. The van der Waals surface area contributed by atoms with Crippen molar-refractivity contribution in [3.8, 4) is 28.3 Å². The third-order valence-electron chi connectivity index (χ3n) is 4.68. The molecule has 0 saturated heterocycles. The Kier molecular flexibility index (Phi) is 5.08. The number of para-hydroxylation sites is 1. The van der Waals surface area contributed by atoms with Gasteiger partial charge >= 0.3 is 0 Å². The van der Waals surface area contributed by atoms with Crippen LogP contribution in [0.5, 0.6) is 0 Å². The molecule has 0 aliphatic carbocycles. The van der Waals surface area contributed by atoms with Crippen LogP contribution in [-0.4, -0.2) is 25.7 Å². The Hall–Kier alpha value is -4.10. The van der Waals surface area contributed by atoms with E-state index in [-0.39, 0.29) is 5.91 Å². The highest BCUT2D eigenvalue weighted by molar-refractivity contribution is 7.14. The molecule has 0 aliphatic heterocycles. The summed E-state index contributed by atoms with van der Waals surface area (Å²) in [5.41, 5.74) is 4.33. The Morgan fingerprint density at radius 3 is 2.35 bits per heavy atom. The molecule has 1 N–H and O–H groups in total. The molecule has 0 unspecified atom stereocenters. The molecule has 0 aliphatic rings. The minimum absolute atomic E-state index is 0.261. The summed E-state index contributed by atoms with van der Waals surface area (Å²) in [4.78, 5) is 22.0. The van der Waals surface area contributed by atoms with E-state index in [1.807, 2.05) is 84.2 Å². The number of carbonyl (C=O) groups is 1. The van der Waals surface area contributed by atoms with Gasteiger partial charge in [0, 0.05) is 23.3 Å². The van der Waals surface area contributed by atoms with Crippen LogP contribution in [0.25, 0.3) is 28.3 Å². The highest BCUT2D eigenvalue weighted by atomic mass is 32.1. The fraction of sp³-hybridized carbons (Fsp3) is 0. The first kappa shape index (κ1) is 18.9. The number of nitrogens with zero attached hydrogens (tertiary/aromatic N) is 4. The fourth-order valence-corrected chi connectivity index (χ4v) is 3.89. The average molecular weight is 424 g/mol. The number of nitrogens with one attached hydrogen (secondary N) is 1. The van der Waals surface area contributed by atoms with Crippen LogP contribution in [0.2, 0.25) is 0 Å². The van der Waals surface area contributed by atoms with Crippen molar-refractivity contribution in [2.45, 2.75) is 0 Å². The topological polar surface area (TPSA) is 72.7 Å². The van der Waals surface area contributed by atoms with Crippen LogP contribution < -0.4 is 5.32 Å². The second-order valence-electron chi connectivity index (χ2n) is 6.74. The fourth-order valence-electron chi connectivity index (χ4n) is 3.19. The lowest BCUT2D eigenvalue weighted by Crippen LogP contribution is -2.12. The van der Waals surface area contributed by atoms with E-state index in [2.05, 4.69) is 15.3 Å². The highest BCUT2D eigenvalue weighted by Crippen LogP contribution is 2.27. The predicted molar refractivity (Wildman–Crippen MR) is 122 cm³/mol. The molecule has 3 aromatic heterocycles. The van der Waals surface area contributed by atoms with Gasteiger partial charge in [0.25, 0.3) is 5.91 Å². The molecule has 0 fully saturated rings. The maximum Gasteiger partial charge on any atom is 0.261 e. The molecular weight excluding hydrogens is 406 g/mol. The van der Waals surface area contributed by atoms with Gasteiger partial charge in [0.2, 0.25) is 0 Å². The second kappa shape index (κ2) is 8.33. The lowest BCUT2D eigenvalue weighted by atomic mass is 10.1. The zero-order valence-electron chi connectivity index (χ0n) is 16.3. The van der Waals surface area contributed by atoms with Crippen molar-refractivity contribution in [1.82, 2.24) is 19.7 Å². The largest absolute Gasteiger partial charge is 0.298 e. The summed E-state index contributed by atoms with van der Waals surface area (Å²) in [6.07, 6.45) is 3.47. The molecule has 150 valence electrons. The van der Waals surface area contributed by atoms with Crippen molar-refractivity contribution in [1.29, 1.82) is 0 Å². The number of anilines is 1. The first-order chi connectivity index (χ1) is 15.3. The van der Waals surface area contributed by atoms with Gasteiger partial charge in [-0.3, -0.25) is 15.1 Å². The third-order valence-corrected chi connectivity index (χ3v) is 5.44. The minimum atomic E-state index is -0.261. The summed E-state index contributed by atoms with van der Waals surface area (Å²) in [6.45, 7) is 0. The quantitative estimate of drug-likeness (QED) is 0.416. The van der Waals surface area contributed by atoms with Crippen LogP contribution in [0, 0.1) is 0 Å². The smallest absolute Gasteiger partial charge is 0.261 e. The van der Waals surface area contributed by atoms with Crippen LogP contribution in [0.1, 0.15) is 10.4 Å². The summed E-state index contributed by atoms with van der Waals surface area (Å²) in [6, 6.07) is 25.0. The second-order valence-corrected chi connectivity index (χ2v) is 7.60. The van der Waals surface area contributed by atoms with Crippen molar-refractivity contribution in [2.24, 2.45) is 0 Å². The van der Waals surface area contributed by atoms with Crippen molar-refractivity contribution in [2.75, 3.05) is 5.32 Å². The summed E-state index contributed by atoms with van der Waals surface area (Å²) in [5, 5.41) is 10.00. The lowest BCUT2D eigenvalue weighted by Gasteiger charge is -2.02. The third kappa shape index (κ3) is 3.99. The number of carbonyl (C=O) groups excluding carboxylic acids is 1. The van der Waals surface area contributed by atoms with E-state index in [0.717, 1.165) is 22.6 Å². The molecule has 3 heterocycles. The number of thiazole rings is 1. The zero-order valence-corrected chi connectivity index (χ0v) is 17.2. The van der Waals surface area contributed by atoms with E-state index in [1.165, 1.54) is 11.3 Å². The number of benzene rings is 2. The van der Waals surface area contributed by atoms with E-state index in [9.17, 15) is 4.79 Å². The van der Waals surface area contributed by atoms with Crippen LogP contribution in [-0.2, 0) is 0 Å². The van der Waals surface area contributed by atoms with Gasteiger partial charge in [-0.15, -0.1) is 11.3 Å². The van der Waals surface area contributed by atoms with Gasteiger partial charge in [-0.05, 0) is 24.3 Å². The Morgan fingerprint density at radius 2 is 1.61 bits per heavy atom. The first-order valence-electron chi connectivity index (χ1n) is 9.67. The van der Waals surface area contributed by atoms with E-state index in [1.54, 1.807) is 17.1 Å². The molecule has 0 radical (unpaired) electrons. The van der Waals surface area contributed by atoms with Crippen LogP contribution in [0.15, 0.2) is 96.6 Å². The number of hydrogen-bond donors (Lipinski definition) is 1. The van der Waals surface area contributed by atoms with Crippen LogP contribution in [0.3, 0.4) is 0 Å². The molecule has 0 atom stereocenters. The number of hydrogen-bond acceptors (Lipinski definition) is 5. The molecule has 5 rings (SSSR count). The minimum Gasteiger partial charge on any atom is -0.298 e. The first-order valence-corrected chi connectivity index (χ1v) is 10.5. The Morgan fingerprint density at radius 1 is 0.871 bits per heavy atom. The maximum atomic E-state index is 13.2. The Bertz CT molecular complexity index is 1310. The van der Waals surface area contributed by atoms with Gasteiger partial charge in [-0.2, -0.15) is 5.10 Å². The van der Waals surface area contributed by atoms with Gasteiger partial charge < -0.3 is 0 Å². The van der Waals surface area contributed by atoms with E-state index in [0.29, 0.717) is 16.4 Å². The molecule has 5 aromatic rings. The molecule has 1 amide bonds. The average Bonchev–Trinajstić information content (AvgIpc) is 3.49. The van der Waals surface area contributed by atoms with Crippen LogP contribution >= 0.6 is 11.3 Å². The van der Waals surface area contributed by atoms with Crippen molar-refractivity contribution < 1.29 is 4.79 Å². The van der Waals surface area contributed by atoms with Crippen molar-refractivity contribution in [3.63, 3.8) is 0 Å². The maximum absolute atomic E-state index is 13.2. The zero-order chi connectivity index (χ0) is 21.0. The van der Waals surface area contributed by atoms with Gasteiger partial charge in [-0.25, -0.2) is 9.67 Å². The highest BCUT2D eigenvalue weighted by Gasteiger charge is 2.20. The molecule has 31 heavy (non-hydrogen) atoms. The Labute approximate surface area is 182 Å². The normalized spacial score (nSPS) is 10.7. The van der Waals surface area contributed by atoms with E-state index < -0.39 is 0 Å². The number of pyridine rings is 1. The van der Waals surface area contributed by atoms with Gasteiger partial charge in [-0.1, -0.05) is 54.6 Å². The van der Waals surface area contributed by atoms with Gasteiger partial charge in [0.1, 0.15) is 11.4 Å². The molecule has 6 nitrogen and oxygen atoms in total. The molecule has 7 heteroatoms. The summed E-state index contributed by atoms with van der Waals surface area (Å²) >= 11 is 1.36. The number of rotatable bonds is 5. The molecule has 2 aromatic carbocycles. The summed E-state index contributed by atoms with van der Waals surface area (Å²) in [7, 11) is 0. The Balaban J connectivity index is 1.48. The number of aromatic nitrogens is 4. The number of amides is 1. The summed E-state index contributed by atoms with van der Waals surface area (Å²) < 4.78 is 1.72. The molecule has 0 spiro atoms. The van der Waals surface area contributed by atoms with Crippen molar-refractivity contribution in [3.05, 3.63) is 102 Å². The monoisotopic (exact) mass is 423 g/mol. The van der Waals surface area contributed by atoms with Crippen LogP contribution in [0.4, 0.5) is 5.13 Å². The van der Waals surface area contributed by atoms with Crippen molar-refractivity contribution >= 4 is 22.4 Å². The molecule has 0 saturated carbocycles. The van der Waals surface area contributed by atoms with E-state index in [4.69, 9.17) is 5.10 Å². The SMILES string of the molecule is O=C(Nc1nc(-c2ccccn2)cs1)c1cn(-c2ccccc2)nc1-c1ccccc1. The standard InChI is InChI=1S/C24H17N5OS/c30-23(27-24-26-21(16-31-24)20-13-7-8-14-25-20)19-15-29(18-11-5-2-6-12-18)28-22(19)17-9-3-1-4-10-17/h1-16H,(H,26,27,30). The van der Waals surface area contributed by atoms with Gasteiger partial charge in [0.15, 0.2) is 5.13 Å². The lowest BCUT2D eigenvalue weighted by molar-refractivity contribution is 0.102.